The Balaban J connectivity index is 4.31. The van der Waals surface area contributed by atoms with Gasteiger partial charge in [0.2, 0.25) is 0 Å². The summed E-state index contributed by atoms with van der Waals surface area (Å²) in [4.78, 5) is 45.9. The van der Waals surface area contributed by atoms with E-state index in [0.29, 0.717) is 12.8 Å². The van der Waals surface area contributed by atoms with E-state index >= 15 is 0 Å². The molecule has 0 spiro atoms. The molecular weight excluding hydrogens is 697 g/mol. The van der Waals surface area contributed by atoms with E-state index in [1.165, 1.54) is 135 Å². The first-order valence-corrected chi connectivity index (χ1v) is 23.1. The van der Waals surface area contributed by atoms with Crippen molar-refractivity contribution in [1.29, 1.82) is 0 Å². The van der Waals surface area contributed by atoms with Crippen LogP contribution < -0.4 is 5.73 Å². The third-order valence-electron chi connectivity index (χ3n) is 9.61. The fourth-order valence-electron chi connectivity index (χ4n) is 6.18. The maximum Gasteiger partial charge on any atom is 0.472 e. The molecule has 0 aromatic heterocycles. The van der Waals surface area contributed by atoms with Gasteiger partial charge in [-0.2, -0.15) is 0 Å². The van der Waals surface area contributed by atoms with E-state index in [1.807, 2.05) is 0 Å². The molecule has 0 radical (unpaired) electrons. The summed E-state index contributed by atoms with van der Waals surface area (Å²) >= 11 is 0. The maximum absolute atomic E-state index is 12.6. The second-order valence-corrected chi connectivity index (χ2v) is 16.3. The molecule has 0 bridgehead atoms. The number of unbranched alkanes of at least 4 members (excludes halogenated alkanes) is 27. The van der Waals surface area contributed by atoms with Crippen LogP contribution in [0.15, 0.2) is 0 Å². The number of carbonyl (C=O) groups is 3. The van der Waals surface area contributed by atoms with Crippen LogP contribution in [-0.2, 0) is 37.5 Å². The molecule has 314 valence electrons. The topological polar surface area (TPSA) is 172 Å². The second-order valence-electron chi connectivity index (χ2n) is 14.8. The van der Waals surface area contributed by atoms with Crippen molar-refractivity contribution in [1.82, 2.24) is 0 Å². The molecule has 0 aliphatic carbocycles. The Kier molecular flexibility index (Phi) is 36.3. The Morgan fingerprint density at radius 3 is 1.19 bits per heavy atom. The van der Waals surface area contributed by atoms with E-state index in [0.717, 1.165) is 38.5 Å². The molecule has 0 aromatic rings. The summed E-state index contributed by atoms with van der Waals surface area (Å²) in [7, 11) is -4.70. The highest BCUT2D eigenvalue weighted by atomic mass is 31.2. The van der Waals surface area contributed by atoms with Crippen LogP contribution in [0.5, 0.6) is 0 Å². The van der Waals surface area contributed by atoms with E-state index < -0.39 is 51.1 Å². The van der Waals surface area contributed by atoms with Crippen LogP contribution in [-0.4, -0.2) is 59.9 Å². The number of phosphoric acid groups is 1. The monoisotopic (exact) mass is 778 g/mol. The van der Waals surface area contributed by atoms with Gasteiger partial charge in [-0.05, 0) is 12.8 Å². The second kappa shape index (κ2) is 37.4. The van der Waals surface area contributed by atoms with Crippen LogP contribution in [0.1, 0.15) is 213 Å². The van der Waals surface area contributed by atoms with E-state index in [9.17, 15) is 23.8 Å². The van der Waals surface area contributed by atoms with Crippen LogP contribution in [0.4, 0.5) is 0 Å². The summed E-state index contributed by atoms with van der Waals surface area (Å²) in [5, 5.41) is 8.88. The fraction of sp³-hybridized carbons (Fsp3) is 0.927. The van der Waals surface area contributed by atoms with Crippen LogP contribution in [0.25, 0.3) is 0 Å². The number of hydrogen-bond donors (Lipinski definition) is 3. The lowest BCUT2D eigenvalue weighted by Crippen LogP contribution is -2.34. The Bertz CT molecular complexity index is 921. The molecule has 0 aromatic carbocycles. The number of carboxylic acids is 1. The lowest BCUT2D eigenvalue weighted by Gasteiger charge is -2.20. The molecule has 1 unspecified atom stereocenters. The third-order valence-corrected chi connectivity index (χ3v) is 10.6. The van der Waals surface area contributed by atoms with Crippen molar-refractivity contribution >= 4 is 25.7 Å². The highest BCUT2D eigenvalue weighted by molar-refractivity contribution is 7.47. The Hall–Kier alpha value is -1.52. The quantitative estimate of drug-likeness (QED) is 0.0306. The molecule has 12 heteroatoms. The van der Waals surface area contributed by atoms with Crippen LogP contribution >= 0.6 is 7.82 Å². The fourth-order valence-corrected chi connectivity index (χ4v) is 6.96. The zero-order valence-electron chi connectivity index (χ0n) is 33.9. The van der Waals surface area contributed by atoms with Gasteiger partial charge in [-0.15, -0.1) is 0 Å². The zero-order valence-corrected chi connectivity index (χ0v) is 34.8. The normalized spacial score (nSPS) is 13.7. The van der Waals surface area contributed by atoms with Gasteiger partial charge in [0.25, 0.3) is 0 Å². The number of carbonyl (C=O) groups excluding carboxylic acids is 2. The molecule has 0 aliphatic rings. The van der Waals surface area contributed by atoms with Crippen molar-refractivity contribution in [2.45, 2.75) is 225 Å². The zero-order chi connectivity index (χ0) is 39.3. The van der Waals surface area contributed by atoms with Gasteiger partial charge < -0.3 is 25.2 Å². The predicted octanol–water partition coefficient (Wildman–Crippen LogP) is 11.1. The lowest BCUT2D eigenvalue weighted by atomic mass is 10.0. The standard InChI is InChI=1S/C41H80NO10P/c1-3-5-7-9-11-13-15-17-18-19-20-21-23-25-27-29-31-33-40(44)52-37(35-50-53(47,48)51-36-38(42)41(45)46)34-49-39(43)32-30-28-26-24-22-16-14-12-10-8-6-4-2/h37-38H,3-36,42H2,1-2H3,(H,45,46)(H,47,48)/t37-,38+/m1/s1. The van der Waals surface area contributed by atoms with Crippen molar-refractivity contribution in [2.75, 3.05) is 19.8 Å². The summed E-state index contributed by atoms with van der Waals surface area (Å²) < 4.78 is 32.7. The first-order valence-electron chi connectivity index (χ1n) is 21.6. The van der Waals surface area contributed by atoms with Crippen molar-refractivity contribution in [3.63, 3.8) is 0 Å². The van der Waals surface area contributed by atoms with E-state index in [-0.39, 0.29) is 19.4 Å². The average molecular weight is 778 g/mol. The van der Waals surface area contributed by atoms with Gasteiger partial charge in [-0.1, -0.05) is 187 Å². The lowest BCUT2D eigenvalue weighted by molar-refractivity contribution is -0.161. The van der Waals surface area contributed by atoms with E-state index in [4.69, 9.17) is 24.8 Å². The largest absolute Gasteiger partial charge is 0.480 e. The van der Waals surface area contributed by atoms with E-state index in [1.54, 1.807) is 0 Å². The van der Waals surface area contributed by atoms with Crippen molar-refractivity contribution in [3.8, 4) is 0 Å². The van der Waals surface area contributed by atoms with Gasteiger partial charge in [0, 0.05) is 12.8 Å². The minimum atomic E-state index is -4.70. The average Bonchev–Trinajstić information content (AvgIpc) is 3.13. The van der Waals surface area contributed by atoms with Crippen molar-refractivity contribution in [2.24, 2.45) is 5.73 Å². The molecule has 11 nitrogen and oxygen atoms in total. The predicted molar refractivity (Wildman–Crippen MR) is 213 cm³/mol. The van der Waals surface area contributed by atoms with Crippen LogP contribution in [0.3, 0.4) is 0 Å². The van der Waals surface area contributed by atoms with Gasteiger partial charge >= 0.3 is 25.7 Å². The van der Waals surface area contributed by atoms with Crippen molar-refractivity contribution in [3.05, 3.63) is 0 Å². The molecule has 0 amide bonds. The van der Waals surface area contributed by atoms with Gasteiger partial charge in [0.1, 0.15) is 12.6 Å². The molecule has 0 saturated heterocycles. The van der Waals surface area contributed by atoms with Gasteiger partial charge in [-0.25, -0.2) is 4.57 Å². The Morgan fingerprint density at radius 2 is 0.830 bits per heavy atom. The number of rotatable bonds is 41. The molecule has 0 heterocycles. The minimum Gasteiger partial charge on any atom is -0.480 e. The highest BCUT2D eigenvalue weighted by Crippen LogP contribution is 2.43. The molecule has 0 saturated carbocycles. The molecular formula is C41H80NO10P. The van der Waals surface area contributed by atoms with Gasteiger partial charge in [-0.3, -0.25) is 23.4 Å². The van der Waals surface area contributed by atoms with Crippen LogP contribution in [0.2, 0.25) is 0 Å². The molecule has 4 N–H and O–H groups in total. The smallest absolute Gasteiger partial charge is 0.472 e. The number of aliphatic carboxylic acids is 1. The summed E-state index contributed by atoms with van der Waals surface area (Å²) in [6.07, 6.45) is 34.5. The van der Waals surface area contributed by atoms with Gasteiger partial charge in [0.05, 0.1) is 13.2 Å². The molecule has 0 aliphatic heterocycles. The number of hydrogen-bond acceptors (Lipinski definition) is 9. The number of carboxylic acid groups (broad SMARTS) is 1. The number of esters is 2. The maximum atomic E-state index is 12.6. The molecule has 0 fully saturated rings. The first-order chi connectivity index (χ1) is 25.6. The van der Waals surface area contributed by atoms with Crippen LogP contribution in [0, 0.1) is 0 Å². The third kappa shape index (κ3) is 37.2. The van der Waals surface area contributed by atoms with E-state index in [2.05, 4.69) is 18.4 Å². The number of phosphoric ester groups is 1. The Labute approximate surface area is 323 Å². The summed E-state index contributed by atoms with van der Waals surface area (Å²) in [6.45, 7) is 2.82. The first kappa shape index (κ1) is 51.5. The molecule has 0 rings (SSSR count). The SMILES string of the molecule is CCCCCCCCCCCCCCCCCCCC(=O)O[C@H](COC(=O)CCCCCCCCCCCCCC)COP(=O)(O)OC[C@H](N)C(=O)O. The van der Waals surface area contributed by atoms with Crippen molar-refractivity contribution < 1.29 is 47.5 Å². The van der Waals surface area contributed by atoms with Gasteiger partial charge in [0.15, 0.2) is 6.10 Å². The molecule has 3 atom stereocenters. The summed E-state index contributed by atoms with van der Waals surface area (Å²) in [5.41, 5.74) is 5.33. The summed E-state index contributed by atoms with van der Waals surface area (Å²) in [5.74, 6) is -2.36. The molecule has 53 heavy (non-hydrogen) atoms. The Morgan fingerprint density at radius 1 is 0.509 bits per heavy atom. The number of ether oxygens (including phenoxy) is 2. The number of nitrogens with two attached hydrogens (primary N) is 1. The highest BCUT2D eigenvalue weighted by Gasteiger charge is 2.28. The summed E-state index contributed by atoms with van der Waals surface area (Å²) in [6, 6.07) is -1.52. The minimum absolute atomic E-state index is 0.169.